The molecule has 25 heavy (non-hydrogen) atoms. The zero-order valence-corrected chi connectivity index (χ0v) is 15.9. The molecule has 1 heterocycles. The normalized spacial score (nSPS) is 17.4. The van der Waals surface area contributed by atoms with E-state index in [1.807, 2.05) is 0 Å². The van der Waals surface area contributed by atoms with Gasteiger partial charge in [0.2, 0.25) is 0 Å². The third kappa shape index (κ3) is 3.71. The maximum atomic E-state index is 2.55. The maximum Gasteiger partial charge on any atom is 0.351 e. The van der Waals surface area contributed by atoms with Crippen LogP contribution in [0.5, 0.6) is 0 Å². The van der Waals surface area contributed by atoms with Crippen LogP contribution in [0.25, 0.3) is 0 Å². The van der Waals surface area contributed by atoms with E-state index in [2.05, 4.69) is 103 Å². The van der Waals surface area contributed by atoms with Crippen molar-refractivity contribution in [3.63, 3.8) is 0 Å². The molecule has 1 saturated heterocycles. The molecular formula is C22H30N3+. The topological polar surface area (TPSA) is 9.49 Å². The van der Waals surface area contributed by atoms with Crippen LogP contribution in [-0.2, 0) is 0 Å². The van der Waals surface area contributed by atoms with Crippen LogP contribution in [0.4, 0.5) is 0 Å². The molecule has 0 aliphatic carbocycles. The Hall–Kier alpha value is -2.29. The van der Waals surface area contributed by atoms with E-state index in [1.165, 1.54) is 23.5 Å². The van der Waals surface area contributed by atoms with Gasteiger partial charge in [0.15, 0.2) is 0 Å². The number of rotatable bonds is 4. The summed E-state index contributed by atoms with van der Waals surface area (Å²) >= 11 is 0. The molecule has 0 bridgehead atoms. The fourth-order valence-electron chi connectivity index (χ4n) is 3.85. The number of guanidine groups is 1. The highest BCUT2D eigenvalue weighted by Crippen LogP contribution is 2.29. The second-order valence-electron chi connectivity index (χ2n) is 7.11. The molecule has 2 aromatic carbocycles. The van der Waals surface area contributed by atoms with Crippen molar-refractivity contribution in [2.75, 3.05) is 27.2 Å². The van der Waals surface area contributed by atoms with Gasteiger partial charge >= 0.3 is 5.96 Å². The first-order valence-electron chi connectivity index (χ1n) is 9.27. The minimum atomic E-state index is 0.365. The molecule has 3 heteroatoms. The van der Waals surface area contributed by atoms with Gasteiger partial charge in [-0.1, -0.05) is 60.7 Å². The van der Waals surface area contributed by atoms with Gasteiger partial charge in [-0.05, 0) is 25.0 Å². The Balaban J connectivity index is 1.92. The summed E-state index contributed by atoms with van der Waals surface area (Å²) in [6.45, 7) is 6.83. The summed E-state index contributed by atoms with van der Waals surface area (Å²) in [5, 5.41) is 0. The molecule has 0 amide bonds. The van der Waals surface area contributed by atoms with Gasteiger partial charge in [-0.15, -0.1) is 0 Å². The van der Waals surface area contributed by atoms with Gasteiger partial charge in [0.25, 0.3) is 0 Å². The molecule has 1 aliphatic rings. The van der Waals surface area contributed by atoms with Crippen molar-refractivity contribution < 1.29 is 4.58 Å². The molecule has 0 spiro atoms. The lowest BCUT2D eigenvalue weighted by Crippen LogP contribution is -2.54. The molecule has 132 valence electrons. The average Bonchev–Trinajstić information content (AvgIpc) is 2.67. The smallest absolute Gasteiger partial charge is 0.270 e. The van der Waals surface area contributed by atoms with Crippen LogP contribution in [0.1, 0.15) is 43.5 Å². The fraction of sp³-hybridized carbons (Fsp3) is 0.409. The van der Waals surface area contributed by atoms with Crippen molar-refractivity contribution in [3.8, 4) is 0 Å². The zero-order chi connectivity index (χ0) is 17.8. The third-order valence-corrected chi connectivity index (χ3v) is 5.21. The van der Waals surface area contributed by atoms with Crippen molar-refractivity contribution in [1.82, 2.24) is 9.80 Å². The highest BCUT2D eigenvalue weighted by atomic mass is 15.4. The van der Waals surface area contributed by atoms with Crippen LogP contribution in [-0.4, -0.2) is 47.5 Å². The van der Waals surface area contributed by atoms with Gasteiger partial charge in [-0.25, -0.2) is 0 Å². The summed E-state index contributed by atoms with van der Waals surface area (Å²) in [4.78, 5) is 5.11. The molecule has 0 aromatic heterocycles. The quantitative estimate of drug-likeness (QED) is 0.776. The summed E-state index contributed by atoms with van der Waals surface area (Å²) < 4.78 is 2.28. The molecule has 1 fully saturated rings. The number of benzene rings is 2. The molecule has 3 nitrogen and oxygen atoms in total. The van der Waals surface area contributed by atoms with Gasteiger partial charge in [0.05, 0.1) is 39.3 Å². The first kappa shape index (κ1) is 17.5. The predicted molar refractivity (Wildman–Crippen MR) is 105 cm³/mol. The molecule has 3 rings (SSSR count). The van der Waals surface area contributed by atoms with E-state index in [0.717, 1.165) is 13.1 Å². The Labute approximate surface area is 152 Å². The van der Waals surface area contributed by atoms with Crippen molar-refractivity contribution in [1.29, 1.82) is 0 Å². The van der Waals surface area contributed by atoms with E-state index in [0.29, 0.717) is 12.1 Å². The van der Waals surface area contributed by atoms with Crippen LogP contribution in [0, 0.1) is 0 Å². The first-order valence-corrected chi connectivity index (χ1v) is 9.27. The first-order chi connectivity index (χ1) is 12.1. The van der Waals surface area contributed by atoms with Crippen molar-refractivity contribution in [2.24, 2.45) is 0 Å². The second kappa shape index (κ2) is 7.73. The molecule has 0 saturated carbocycles. The van der Waals surface area contributed by atoms with E-state index < -0.39 is 0 Å². The zero-order valence-electron chi connectivity index (χ0n) is 15.9. The van der Waals surface area contributed by atoms with Crippen molar-refractivity contribution in [3.05, 3.63) is 71.8 Å². The van der Waals surface area contributed by atoms with Gasteiger partial charge in [-0.2, -0.15) is 0 Å². The molecule has 1 aliphatic heterocycles. The minimum absolute atomic E-state index is 0.365. The standard InChI is InChI=1S/C22H30N3/c1-18(20-12-7-5-8-13-20)24-16-11-17-25(22(24)23(3)4)19(2)21-14-9-6-10-15-21/h5-10,12-15,18-19H,11,16-17H2,1-4H3/q+1/t18-,19-/m0/s1. The van der Waals surface area contributed by atoms with Gasteiger partial charge in [0.1, 0.15) is 0 Å². The predicted octanol–water partition coefficient (Wildman–Crippen LogP) is 4.14. The van der Waals surface area contributed by atoms with E-state index in [9.17, 15) is 0 Å². The minimum Gasteiger partial charge on any atom is -0.270 e. The van der Waals surface area contributed by atoms with Crippen molar-refractivity contribution in [2.45, 2.75) is 32.4 Å². The Morgan fingerprint density at radius 1 is 0.720 bits per heavy atom. The molecular weight excluding hydrogens is 306 g/mol. The highest BCUT2D eigenvalue weighted by molar-refractivity contribution is 5.77. The summed E-state index contributed by atoms with van der Waals surface area (Å²) in [6.07, 6.45) is 1.19. The monoisotopic (exact) mass is 336 g/mol. The number of hydrogen-bond donors (Lipinski definition) is 0. The maximum absolute atomic E-state index is 2.55. The highest BCUT2D eigenvalue weighted by Gasteiger charge is 2.38. The van der Waals surface area contributed by atoms with Crippen LogP contribution < -0.4 is 0 Å². The van der Waals surface area contributed by atoms with Gasteiger partial charge in [0, 0.05) is 6.42 Å². The lowest BCUT2D eigenvalue weighted by atomic mass is 10.0. The fourth-order valence-corrected chi connectivity index (χ4v) is 3.85. The Morgan fingerprint density at radius 3 is 1.48 bits per heavy atom. The molecule has 2 atom stereocenters. The Morgan fingerprint density at radius 2 is 1.12 bits per heavy atom. The summed E-state index contributed by atoms with van der Waals surface area (Å²) in [5.74, 6) is 1.32. The van der Waals surface area contributed by atoms with E-state index in [1.54, 1.807) is 0 Å². The van der Waals surface area contributed by atoms with Crippen LogP contribution in [0.15, 0.2) is 60.7 Å². The number of nitrogens with zero attached hydrogens (tertiary/aromatic N) is 3. The van der Waals surface area contributed by atoms with Gasteiger partial charge < -0.3 is 0 Å². The summed E-state index contributed by atoms with van der Waals surface area (Å²) in [6, 6.07) is 22.4. The molecule has 0 unspecified atom stereocenters. The third-order valence-electron chi connectivity index (χ3n) is 5.21. The average molecular weight is 337 g/mol. The lowest BCUT2D eigenvalue weighted by Gasteiger charge is -2.39. The van der Waals surface area contributed by atoms with Crippen LogP contribution in [0.3, 0.4) is 0 Å². The van der Waals surface area contributed by atoms with Crippen LogP contribution in [0.2, 0.25) is 0 Å². The summed E-state index contributed by atoms with van der Waals surface area (Å²) in [5.41, 5.74) is 2.74. The van der Waals surface area contributed by atoms with Gasteiger partial charge in [-0.3, -0.25) is 14.4 Å². The molecule has 0 N–H and O–H groups in total. The summed E-state index contributed by atoms with van der Waals surface area (Å²) in [7, 11) is 4.33. The Kier molecular flexibility index (Phi) is 5.42. The second-order valence-corrected chi connectivity index (χ2v) is 7.11. The SMILES string of the molecule is C[C@@H](c1ccccc1)N1CCCN([C@@H](C)c2ccccc2)C1=[N+](C)C. The lowest BCUT2D eigenvalue weighted by molar-refractivity contribution is -0.478. The molecule has 2 aromatic rings. The van der Waals surface area contributed by atoms with E-state index >= 15 is 0 Å². The van der Waals surface area contributed by atoms with Crippen LogP contribution >= 0.6 is 0 Å². The largest absolute Gasteiger partial charge is 0.351 e. The Bertz CT molecular complexity index is 649. The van der Waals surface area contributed by atoms with Crippen molar-refractivity contribution >= 4 is 5.96 Å². The van der Waals surface area contributed by atoms with E-state index in [4.69, 9.17) is 0 Å². The molecule has 0 radical (unpaired) electrons. The number of hydrogen-bond acceptors (Lipinski definition) is 0. The van der Waals surface area contributed by atoms with E-state index in [-0.39, 0.29) is 0 Å².